The molecule has 0 atom stereocenters. The number of benzene rings is 2. The number of imidazole rings is 1. The van der Waals surface area contributed by atoms with Gasteiger partial charge in [-0.1, -0.05) is 6.07 Å². The van der Waals surface area contributed by atoms with Gasteiger partial charge in [-0.2, -0.15) is 5.26 Å². The fourth-order valence-corrected chi connectivity index (χ4v) is 2.61. The maximum Gasteiger partial charge on any atom is 0.258 e. The van der Waals surface area contributed by atoms with E-state index in [2.05, 4.69) is 16.0 Å². The summed E-state index contributed by atoms with van der Waals surface area (Å²) in [6.45, 7) is 4.32. The number of anilines is 1. The van der Waals surface area contributed by atoms with Gasteiger partial charge in [0, 0.05) is 17.8 Å². The van der Waals surface area contributed by atoms with Crippen molar-refractivity contribution in [2.24, 2.45) is 0 Å². The van der Waals surface area contributed by atoms with Gasteiger partial charge in [-0.3, -0.25) is 4.79 Å². The lowest BCUT2D eigenvalue weighted by atomic mass is 10.1. The standard InChI is InChI=1S/C18H16N4O/c1-3-22(15-6-4-5-13(9-15)11-19)18(23)14-7-8-16-17(10-14)21-12(2)20-16/h4-10H,3H2,1-2H3,(H,20,21). The van der Waals surface area contributed by atoms with E-state index in [1.54, 1.807) is 29.2 Å². The number of rotatable bonds is 3. The zero-order valence-electron chi connectivity index (χ0n) is 13.0. The van der Waals surface area contributed by atoms with Crippen molar-refractivity contribution in [3.8, 4) is 6.07 Å². The minimum atomic E-state index is -0.100. The number of H-pyrrole nitrogens is 1. The van der Waals surface area contributed by atoms with Gasteiger partial charge >= 0.3 is 0 Å². The van der Waals surface area contributed by atoms with Crippen LogP contribution in [0.4, 0.5) is 5.69 Å². The first kappa shape index (κ1) is 14.8. The summed E-state index contributed by atoms with van der Waals surface area (Å²) in [6.07, 6.45) is 0. The summed E-state index contributed by atoms with van der Waals surface area (Å²) in [5.74, 6) is 0.718. The topological polar surface area (TPSA) is 72.8 Å². The first-order valence-corrected chi connectivity index (χ1v) is 7.40. The molecule has 0 aliphatic rings. The van der Waals surface area contributed by atoms with Crippen LogP contribution >= 0.6 is 0 Å². The Kier molecular flexibility index (Phi) is 3.82. The van der Waals surface area contributed by atoms with Crippen molar-refractivity contribution in [3.63, 3.8) is 0 Å². The Morgan fingerprint density at radius 3 is 2.87 bits per heavy atom. The minimum Gasteiger partial charge on any atom is -0.342 e. The van der Waals surface area contributed by atoms with Gasteiger partial charge in [0.25, 0.3) is 5.91 Å². The summed E-state index contributed by atoms with van der Waals surface area (Å²) in [5.41, 5.74) is 3.53. The molecule has 3 rings (SSSR count). The van der Waals surface area contributed by atoms with E-state index in [9.17, 15) is 4.79 Å². The molecular weight excluding hydrogens is 288 g/mol. The van der Waals surface area contributed by atoms with Crippen LogP contribution in [0.5, 0.6) is 0 Å². The molecule has 5 nitrogen and oxygen atoms in total. The van der Waals surface area contributed by atoms with Gasteiger partial charge in [0.1, 0.15) is 5.82 Å². The van der Waals surface area contributed by atoms with Crippen molar-refractivity contribution in [3.05, 3.63) is 59.4 Å². The van der Waals surface area contributed by atoms with Gasteiger partial charge in [-0.25, -0.2) is 4.98 Å². The third-order valence-electron chi connectivity index (χ3n) is 3.70. The van der Waals surface area contributed by atoms with Crippen LogP contribution in [0.3, 0.4) is 0 Å². The fraction of sp³-hybridized carbons (Fsp3) is 0.167. The van der Waals surface area contributed by atoms with Gasteiger partial charge in [0.05, 0.1) is 22.7 Å². The lowest BCUT2D eigenvalue weighted by molar-refractivity contribution is 0.0988. The summed E-state index contributed by atoms with van der Waals surface area (Å²) in [5, 5.41) is 9.03. The van der Waals surface area contributed by atoms with Gasteiger partial charge in [0.2, 0.25) is 0 Å². The van der Waals surface area contributed by atoms with Crippen molar-refractivity contribution in [2.45, 2.75) is 13.8 Å². The Bertz CT molecular complexity index is 920. The maximum atomic E-state index is 12.8. The number of carbonyl (C=O) groups is 1. The number of nitriles is 1. The lowest BCUT2D eigenvalue weighted by Crippen LogP contribution is -2.30. The average molecular weight is 304 g/mol. The molecule has 23 heavy (non-hydrogen) atoms. The highest BCUT2D eigenvalue weighted by molar-refractivity contribution is 6.07. The van der Waals surface area contributed by atoms with Crippen LogP contribution in [0, 0.1) is 18.3 Å². The van der Waals surface area contributed by atoms with E-state index in [0.717, 1.165) is 22.5 Å². The Balaban J connectivity index is 1.99. The summed E-state index contributed by atoms with van der Waals surface area (Å²) < 4.78 is 0. The normalized spacial score (nSPS) is 10.5. The first-order valence-electron chi connectivity index (χ1n) is 7.40. The molecule has 0 aliphatic heterocycles. The van der Waals surface area contributed by atoms with Crippen LogP contribution in [0.25, 0.3) is 11.0 Å². The molecule has 3 aromatic rings. The molecule has 0 unspecified atom stereocenters. The molecule has 0 fully saturated rings. The minimum absolute atomic E-state index is 0.100. The van der Waals surface area contributed by atoms with E-state index in [1.807, 2.05) is 32.0 Å². The summed E-state index contributed by atoms with van der Waals surface area (Å²) >= 11 is 0. The van der Waals surface area contributed by atoms with E-state index >= 15 is 0 Å². The van der Waals surface area contributed by atoms with Gasteiger partial charge < -0.3 is 9.88 Å². The molecular formula is C18H16N4O. The number of carbonyl (C=O) groups excluding carboxylic acids is 1. The van der Waals surface area contributed by atoms with Crippen molar-refractivity contribution in [1.29, 1.82) is 5.26 Å². The molecule has 2 aromatic carbocycles. The number of aromatic amines is 1. The molecule has 1 amide bonds. The highest BCUT2D eigenvalue weighted by Crippen LogP contribution is 2.20. The Labute approximate surface area is 134 Å². The van der Waals surface area contributed by atoms with E-state index in [1.165, 1.54) is 0 Å². The molecule has 1 heterocycles. The first-order chi connectivity index (χ1) is 11.1. The average Bonchev–Trinajstić information content (AvgIpc) is 2.94. The highest BCUT2D eigenvalue weighted by Gasteiger charge is 2.17. The van der Waals surface area contributed by atoms with E-state index in [0.29, 0.717) is 17.7 Å². The summed E-state index contributed by atoms with van der Waals surface area (Å²) in [6, 6.07) is 14.6. The maximum absolute atomic E-state index is 12.8. The Morgan fingerprint density at radius 1 is 1.30 bits per heavy atom. The van der Waals surface area contributed by atoms with Crippen LogP contribution < -0.4 is 4.90 Å². The van der Waals surface area contributed by atoms with E-state index < -0.39 is 0 Å². The zero-order chi connectivity index (χ0) is 16.4. The zero-order valence-corrected chi connectivity index (χ0v) is 13.0. The fourth-order valence-electron chi connectivity index (χ4n) is 2.61. The molecule has 0 saturated heterocycles. The molecule has 0 spiro atoms. The monoisotopic (exact) mass is 304 g/mol. The second-order valence-corrected chi connectivity index (χ2v) is 5.27. The van der Waals surface area contributed by atoms with Crippen molar-refractivity contribution in [1.82, 2.24) is 9.97 Å². The van der Waals surface area contributed by atoms with Gasteiger partial charge in [0.15, 0.2) is 0 Å². The number of hydrogen-bond acceptors (Lipinski definition) is 3. The number of hydrogen-bond donors (Lipinski definition) is 1. The van der Waals surface area contributed by atoms with Crippen molar-refractivity contribution in [2.75, 3.05) is 11.4 Å². The summed E-state index contributed by atoms with van der Waals surface area (Å²) in [7, 11) is 0. The van der Waals surface area contributed by atoms with Gasteiger partial charge in [-0.15, -0.1) is 0 Å². The second-order valence-electron chi connectivity index (χ2n) is 5.27. The van der Waals surface area contributed by atoms with Crippen LogP contribution in [0.15, 0.2) is 42.5 Å². The predicted octanol–water partition coefficient (Wildman–Crippen LogP) is 3.41. The molecule has 5 heteroatoms. The smallest absolute Gasteiger partial charge is 0.258 e. The third-order valence-corrected chi connectivity index (χ3v) is 3.70. The van der Waals surface area contributed by atoms with Crippen LogP contribution in [-0.2, 0) is 0 Å². The number of aromatic nitrogens is 2. The molecule has 0 saturated carbocycles. The van der Waals surface area contributed by atoms with Crippen molar-refractivity contribution < 1.29 is 4.79 Å². The lowest BCUT2D eigenvalue weighted by Gasteiger charge is -2.21. The molecule has 114 valence electrons. The second kappa shape index (κ2) is 5.93. The molecule has 0 radical (unpaired) electrons. The molecule has 1 aromatic heterocycles. The molecule has 0 bridgehead atoms. The van der Waals surface area contributed by atoms with E-state index in [4.69, 9.17) is 5.26 Å². The molecule has 1 N–H and O–H groups in total. The van der Waals surface area contributed by atoms with Crippen LogP contribution in [0.2, 0.25) is 0 Å². The number of fused-ring (bicyclic) bond motifs is 1. The largest absolute Gasteiger partial charge is 0.342 e. The quantitative estimate of drug-likeness (QED) is 0.806. The van der Waals surface area contributed by atoms with Crippen LogP contribution in [-0.4, -0.2) is 22.4 Å². The van der Waals surface area contributed by atoms with Crippen LogP contribution in [0.1, 0.15) is 28.7 Å². The SMILES string of the molecule is CCN(C(=O)c1ccc2nc(C)[nH]c2c1)c1cccc(C#N)c1. The van der Waals surface area contributed by atoms with Crippen molar-refractivity contribution >= 4 is 22.6 Å². The third kappa shape index (κ3) is 2.79. The highest BCUT2D eigenvalue weighted by atomic mass is 16.2. The predicted molar refractivity (Wildman–Crippen MR) is 89.3 cm³/mol. The van der Waals surface area contributed by atoms with Gasteiger partial charge in [-0.05, 0) is 50.2 Å². The molecule has 0 aliphatic carbocycles. The number of aryl methyl sites for hydroxylation is 1. The Hall–Kier alpha value is -3.13. The number of nitrogens with one attached hydrogen (secondary N) is 1. The van der Waals surface area contributed by atoms with E-state index in [-0.39, 0.29) is 5.91 Å². The summed E-state index contributed by atoms with van der Waals surface area (Å²) in [4.78, 5) is 22.0. The number of amides is 1. The number of nitrogens with zero attached hydrogens (tertiary/aromatic N) is 3. The Morgan fingerprint density at radius 2 is 2.13 bits per heavy atom.